The summed E-state index contributed by atoms with van der Waals surface area (Å²) in [6.07, 6.45) is 4.90. The number of benzene rings is 1. The Labute approximate surface area is 103 Å². The Balaban J connectivity index is 1.84. The minimum Gasteiger partial charge on any atom is -0.347 e. The van der Waals surface area contributed by atoms with E-state index in [-0.39, 0.29) is 5.79 Å². The quantitative estimate of drug-likeness (QED) is 0.672. The number of epoxide rings is 1. The van der Waals surface area contributed by atoms with Crippen molar-refractivity contribution in [1.82, 2.24) is 0 Å². The minimum absolute atomic E-state index is 0.252. The Kier molecular flexibility index (Phi) is 3.97. The molecule has 17 heavy (non-hydrogen) atoms. The highest BCUT2D eigenvalue weighted by Crippen LogP contribution is 2.33. The lowest BCUT2D eigenvalue weighted by atomic mass is 10.1. The molecule has 1 aromatic carbocycles. The van der Waals surface area contributed by atoms with E-state index in [0.29, 0.717) is 6.61 Å². The van der Waals surface area contributed by atoms with Crippen LogP contribution in [-0.4, -0.2) is 19.0 Å². The fourth-order valence-corrected chi connectivity index (χ4v) is 2.07. The molecule has 1 unspecified atom stereocenters. The summed E-state index contributed by atoms with van der Waals surface area (Å²) in [7, 11) is 0. The van der Waals surface area contributed by atoms with Crippen molar-refractivity contribution in [2.75, 3.05) is 13.2 Å². The van der Waals surface area contributed by atoms with E-state index in [1.165, 1.54) is 11.1 Å². The van der Waals surface area contributed by atoms with Crippen molar-refractivity contribution in [3.63, 3.8) is 0 Å². The Bertz CT molecular complexity index is 380. The van der Waals surface area contributed by atoms with E-state index >= 15 is 0 Å². The first-order valence-corrected chi connectivity index (χ1v) is 6.28. The highest BCUT2D eigenvalue weighted by atomic mass is 16.8. The van der Waals surface area contributed by atoms with Crippen LogP contribution in [-0.2, 0) is 15.9 Å². The second-order valence-electron chi connectivity index (χ2n) is 4.45. The topological polar surface area (TPSA) is 21.8 Å². The second kappa shape index (κ2) is 5.48. The molecular weight excluding hydrogens is 212 g/mol. The van der Waals surface area contributed by atoms with Crippen LogP contribution in [0.5, 0.6) is 0 Å². The summed E-state index contributed by atoms with van der Waals surface area (Å²) < 4.78 is 11.2. The van der Waals surface area contributed by atoms with E-state index in [0.717, 1.165) is 25.9 Å². The van der Waals surface area contributed by atoms with Crippen molar-refractivity contribution >= 4 is 6.08 Å². The molecule has 2 heteroatoms. The van der Waals surface area contributed by atoms with Gasteiger partial charge in [0.2, 0.25) is 0 Å². The lowest BCUT2D eigenvalue weighted by Gasteiger charge is -2.12. The van der Waals surface area contributed by atoms with Crippen LogP contribution in [0, 0.1) is 0 Å². The van der Waals surface area contributed by atoms with Crippen molar-refractivity contribution in [2.24, 2.45) is 0 Å². The fourth-order valence-electron chi connectivity index (χ4n) is 2.07. The van der Waals surface area contributed by atoms with E-state index < -0.39 is 0 Å². The zero-order valence-corrected chi connectivity index (χ0v) is 10.4. The first-order valence-electron chi connectivity index (χ1n) is 6.28. The summed E-state index contributed by atoms with van der Waals surface area (Å²) in [6.45, 7) is 7.44. The molecule has 2 rings (SSSR count). The molecule has 1 heterocycles. The van der Waals surface area contributed by atoms with E-state index in [9.17, 15) is 0 Å². The van der Waals surface area contributed by atoms with Crippen LogP contribution in [0.4, 0.5) is 0 Å². The monoisotopic (exact) mass is 232 g/mol. The molecule has 0 saturated carbocycles. The van der Waals surface area contributed by atoms with Crippen LogP contribution in [0.3, 0.4) is 0 Å². The minimum atomic E-state index is -0.252. The van der Waals surface area contributed by atoms with E-state index in [1.54, 1.807) is 0 Å². The normalized spacial score (nSPS) is 22.4. The Morgan fingerprint density at radius 1 is 1.47 bits per heavy atom. The van der Waals surface area contributed by atoms with Gasteiger partial charge in [0.1, 0.15) is 6.61 Å². The molecule has 1 saturated heterocycles. The van der Waals surface area contributed by atoms with Crippen LogP contribution in [0.1, 0.15) is 30.9 Å². The maximum Gasteiger partial charge on any atom is 0.192 e. The fraction of sp³-hybridized carbons (Fsp3) is 0.467. The largest absolute Gasteiger partial charge is 0.347 e. The molecule has 0 aliphatic carbocycles. The summed E-state index contributed by atoms with van der Waals surface area (Å²) in [5, 5.41) is 0. The lowest BCUT2D eigenvalue weighted by molar-refractivity contribution is -0.0476. The van der Waals surface area contributed by atoms with Crippen LogP contribution in [0.25, 0.3) is 6.08 Å². The highest BCUT2D eigenvalue weighted by molar-refractivity contribution is 5.51. The summed E-state index contributed by atoms with van der Waals surface area (Å²) in [6, 6.07) is 8.29. The number of rotatable bonds is 7. The molecule has 0 amide bonds. The zero-order chi connectivity index (χ0) is 12.1. The lowest BCUT2D eigenvalue weighted by Crippen LogP contribution is -2.17. The van der Waals surface area contributed by atoms with Crippen LogP contribution >= 0.6 is 0 Å². The summed E-state index contributed by atoms with van der Waals surface area (Å²) in [5.41, 5.74) is 2.48. The van der Waals surface area contributed by atoms with Crippen molar-refractivity contribution in [3.8, 4) is 0 Å². The molecule has 2 nitrogen and oxygen atoms in total. The number of hydrogen-bond donors (Lipinski definition) is 0. The first kappa shape index (κ1) is 12.3. The maximum atomic E-state index is 5.83. The van der Waals surface area contributed by atoms with Gasteiger partial charge < -0.3 is 9.47 Å². The molecule has 1 aliphatic rings. The second-order valence-corrected chi connectivity index (χ2v) is 4.45. The zero-order valence-electron chi connectivity index (χ0n) is 10.4. The van der Waals surface area contributed by atoms with Gasteiger partial charge >= 0.3 is 0 Å². The van der Waals surface area contributed by atoms with E-state index in [1.807, 2.05) is 12.1 Å². The highest BCUT2D eigenvalue weighted by Gasteiger charge is 2.44. The van der Waals surface area contributed by atoms with Crippen molar-refractivity contribution in [3.05, 3.63) is 42.0 Å². The molecule has 1 fully saturated rings. The Morgan fingerprint density at radius 3 is 2.88 bits per heavy atom. The van der Waals surface area contributed by atoms with Crippen molar-refractivity contribution in [2.45, 2.75) is 32.0 Å². The molecule has 0 radical (unpaired) electrons. The number of ether oxygens (including phenoxy) is 2. The van der Waals surface area contributed by atoms with Gasteiger partial charge in [-0.2, -0.15) is 0 Å². The van der Waals surface area contributed by atoms with Crippen LogP contribution in [0.2, 0.25) is 0 Å². The Morgan fingerprint density at radius 2 is 2.24 bits per heavy atom. The van der Waals surface area contributed by atoms with Crippen molar-refractivity contribution < 1.29 is 9.47 Å². The van der Waals surface area contributed by atoms with E-state index in [2.05, 4.69) is 31.7 Å². The third-order valence-electron chi connectivity index (χ3n) is 3.11. The molecule has 0 N–H and O–H groups in total. The summed E-state index contributed by atoms with van der Waals surface area (Å²) >= 11 is 0. The predicted octanol–water partition coefficient (Wildman–Crippen LogP) is 3.42. The van der Waals surface area contributed by atoms with Gasteiger partial charge in [0.15, 0.2) is 5.79 Å². The van der Waals surface area contributed by atoms with Gasteiger partial charge in [-0.1, -0.05) is 50.3 Å². The predicted molar refractivity (Wildman–Crippen MR) is 69.8 cm³/mol. The van der Waals surface area contributed by atoms with E-state index in [4.69, 9.17) is 9.47 Å². The maximum absolute atomic E-state index is 5.83. The van der Waals surface area contributed by atoms with Gasteiger partial charge in [0.25, 0.3) is 0 Å². The molecule has 0 bridgehead atoms. The average molecular weight is 232 g/mol. The van der Waals surface area contributed by atoms with Gasteiger partial charge in [-0.05, 0) is 17.5 Å². The van der Waals surface area contributed by atoms with Gasteiger partial charge in [-0.3, -0.25) is 0 Å². The summed E-state index contributed by atoms with van der Waals surface area (Å²) in [5.74, 6) is -0.252. The third-order valence-corrected chi connectivity index (χ3v) is 3.11. The molecule has 0 aromatic heterocycles. The van der Waals surface area contributed by atoms with Crippen LogP contribution < -0.4 is 0 Å². The third kappa shape index (κ3) is 3.18. The van der Waals surface area contributed by atoms with Gasteiger partial charge in [0, 0.05) is 6.42 Å². The van der Waals surface area contributed by atoms with Gasteiger partial charge in [-0.25, -0.2) is 0 Å². The SMILES string of the molecule is C=Cc1ccccc1CCOC1(CCC)CO1. The Hall–Kier alpha value is -1.12. The van der Waals surface area contributed by atoms with Crippen LogP contribution in [0.15, 0.2) is 30.8 Å². The molecule has 92 valence electrons. The van der Waals surface area contributed by atoms with Crippen molar-refractivity contribution in [1.29, 1.82) is 0 Å². The number of hydrogen-bond acceptors (Lipinski definition) is 2. The molecule has 1 aromatic rings. The first-order chi connectivity index (χ1) is 8.29. The smallest absolute Gasteiger partial charge is 0.192 e. The molecule has 0 spiro atoms. The molecule has 1 atom stereocenters. The van der Waals surface area contributed by atoms with Gasteiger partial charge in [-0.15, -0.1) is 0 Å². The van der Waals surface area contributed by atoms with Gasteiger partial charge in [0.05, 0.1) is 6.61 Å². The molecule has 1 aliphatic heterocycles. The standard InChI is InChI=1S/C15H20O2/c1-3-10-15(12-17-15)16-11-9-14-8-6-5-7-13(14)4-2/h4-8H,2-3,9-12H2,1H3. The summed E-state index contributed by atoms with van der Waals surface area (Å²) in [4.78, 5) is 0. The average Bonchev–Trinajstić information content (AvgIpc) is 3.10. The molecular formula is C15H20O2.